The van der Waals surface area contributed by atoms with E-state index in [0.717, 1.165) is 21.5 Å². The molecule has 4 heteroatoms. The number of methoxy groups -OCH3 is 1. The number of aromatic nitrogens is 1. The van der Waals surface area contributed by atoms with Gasteiger partial charge in [-0.1, -0.05) is 0 Å². The van der Waals surface area contributed by atoms with Gasteiger partial charge in [0.25, 0.3) is 0 Å². The fraction of sp³-hybridized carbons (Fsp3) is 0.0833. The van der Waals surface area contributed by atoms with Crippen LogP contribution in [0.4, 0.5) is 5.69 Å². The molecule has 0 aliphatic carbocycles. The second-order valence-electron chi connectivity index (χ2n) is 3.32. The van der Waals surface area contributed by atoms with Gasteiger partial charge in [0.15, 0.2) is 0 Å². The van der Waals surface area contributed by atoms with Crippen LogP contribution >= 0.6 is 15.9 Å². The van der Waals surface area contributed by atoms with E-state index in [9.17, 15) is 0 Å². The third-order valence-corrected chi connectivity index (χ3v) is 2.95. The quantitative estimate of drug-likeness (QED) is 0.918. The lowest BCUT2D eigenvalue weighted by Crippen LogP contribution is -1.90. The number of benzene rings is 1. The third-order valence-electron chi connectivity index (χ3n) is 2.27. The van der Waals surface area contributed by atoms with E-state index in [4.69, 9.17) is 10.5 Å². The summed E-state index contributed by atoms with van der Waals surface area (Å²) < 4.78 is 5.95. The van der Waals surface area contributed by atoms with E-state index < -0.39 is 0 Å². The second-order valence-corrected chi connectivity index (χ2v) is 4.17. The van der Waals surface area contributed by atoms with Crippen LogP contribution in [0.15, 0.2) is 41.0 Å². The second kappa shape index (κ2) is 4.53. The molecule has 0 unspecified atom stereocenters. The lowest BCUT2D eigenvalue weighted by Gasteiger charge is -2.04. The van der Waals surface area contributed by atoms with Gasteiger partial charge in [-0.25, -0.2) is 0 Å². The van der Waals surface area contributed by atoms with Crippen molar-refractivity contribution in [2.75, 3.05) is 12.8 Å². The molecule has 82 valence electrons. The smallest absolute Gasteiger partial charge is 0.118 e. The van der Waals surface area contributed by atoms with Crippen molar-refractivity contribution < 1.29 is 4.74 Å². The first kappa shape index (κ1) is 11.0. The lowest BCUT2D eigenvalue weighted by molar-refractivity contribution is 0.415. The Balaban J connectivity index is 2.38. The molecule has 2 aromatic rings. The Morgan fingerprint density at radius 3 is 2.50 bits per heavy atom. The Kier molecular flexibility index (Phi) is 3.10. The Labute approximate surface area is 102 Å². The lowest BCUT2D eigenvalue weighted by atomic mass is 10.1. The van der Waals surface area contributed by atoms with Crippen LogP contribution in [0.3, 0.4) is 0 Å². The average molecular weight is 279 g/mol. The van der Waals surface area contributed by atoms with Gasteiger partial charge in [-0.3, -0.25) is 4.98 Å². The minimum atomic E-state index is 0.636. The van der Waals surface area contributed by atoms with Gasteiger partial charge in [-0.15, -0.1) is 0 Å². The fourth-order valence-electron chi connectivity index (χ4n) is 1.36. The average Bonchev–Trinajstić information content (AvgIpc) is 2.33. The molecular formula is C12H11BrN2O. The summed E-state index contributed by atoms with van der Waals surface area (Å²) in [5.41, 5.74) is 8.23. The molecule has 3 nitrogen and oxygen atoms in total. The highest BCUT2D eigenvalue weighted by Crippen LogP contribution is 2.26. The first-order valence-electron chi connectivity index (χ1n) is 4.76. The molecule has 2 N–H and O–H groups in total. The predicted molar refractivity (Wildman–Crippen MR) is 68.3 cm³/mol. The minimum absolute atomic E-state index is 0.636. The maximum atomic E-state index is 5.68. The molecule has 16 heavy (non-hydrogen) atoms. The number of rotatable bonds is 2. The first-order chi connectivity index (χ1) is 7.70. The van der Waals surface area contributed by atoms with Gasteiger partial charge in [-0.2, -0.15) is 0 Å². The highest BCUT2D eigenvalue weighted by molar-refractivity contribution is 9.10. The molecule has 0 aliphatic heterocycles. The van der Waals surface area contributed by atoms with Crippen molar-refractivity contribution >= 4 is 21.6 Å². The molecule has 1 heterocycles. The van der Waals surface area contributed by atoms with Crippen LogP contribution in [0, 0.1) is 0 Å². The van der Waals surface area contributed by atoms with Gasteiger partial charge < -0.3 is 10.5 Å². The zero-order chi connectivity index (χ0) is 11.5. The van der Waals surface area contributed by atoms with Gasteiger partial charge in [0.1, 0.15) is 5.75 Å². The van der Waals surface area contributed by atoms with Crippen LogP contribution in [0.1, 0.15) is 0 Å². The van der Waals surface area contributed by atoms with Crippen molar-refractivity contribution in [2.45, 2.75) is 0 Å². The van der Waals surface area contributed by atoms with Crippen LogP contribution in [-0.4, -0.2) is 12.1 Å². The zero-order valence-corrected chi connectivity index (χ0v) is 10.4. The number of nitrogen functional groups attached to an aromatic ring is 1. The van der Waals surface area contributed by atoms with E-state index in [2.05, 4.69) is 20.9 Å². The maximum absolute atomic E-state index is 5.68. The van der Waals surface area contributed by atoms with Crippen LogP contribution in [0.2, 0.25) is 0 Å². The van der Waals surface area contributed by atoms with Crippen LogP contribution < -0.4 is 10.5 Å². The summed E-state index contributed by atoms with van der Waals surface area (Å²) in [5.74, 6) is 0.832. The topological polar surface area (TPSA) is 48.1 Å². The molecule has 0 radical (unpaired) electrons. The molecule has 0 bridgehead atoms. The third kappa shape index (κ3) is 2.17. The van der Waals surface area contributed by atoms with Gasteiger partial charge in [0, 0.05) is 10.0 Å². The van der Waals surface area contributed by atoms with Crippen LogP contribution in [0.25, 0.3) is 11.3 Å². The van der Waals surface area contributed by atoms with Crippen molar-refractivity contribution in [2.24, 2.45) is 0 Å². The summed E-state index contributed by atoms with van der Waals surface area (Å²) in [4.78, 5) is 4.27. The molecule has 0 amide bonds. The normalized spacial score (nSPS) is 10.1. The number of anilines is 1. The zero-order valence-electron chi connectivity index (χ0n) is 8.77. The van der Waals surface area contributed by atoms with Crippen LogP contribution in [0.5, 0.6) is 5.75 Å². The highest BCUT2D eigenvalue weighted by Gasteiger charge is 2.02. The first-order valence-corrected chi connectivity index (χ1v) is 5.55. The largest absolute Gasteiger partial charge is 0.497 e. The summed E-state index contributed by atoms with van der Waals surface area (Å²) in [6.07, 6.45) is 1.64. The molecule has 0 atom stereocenters. The summed E-state index contributed by atoms with van der Waals surface area (Å²) in [5, 5.41) is 0. The molecule has 0 spiro atoms. The van der Waals surface area contributed by atoms with Gasteiger partial charge in [0.05, 0.1) is 24.7 Å². The molecule has 0 fully saturated rings. The molecule has 0 saturated heterocycles. The van der Waals surface area contributed by atoms with Crippen molar-refractivity contribution in [1.82, 2.24) is 4.98 Å². The molecule has 1 aromatic carbocycles. The molecule has 2 rings (SSSR count). The Morgan fingerprint density at radius 1 is 1.25 bits per heavy atom. The predicted octanol–water partition coefficient (Wildman–Crippen LogP) is 3.10. The standard InChI is InChI=1S/C12H11BrN2O/c1-16-9-4-2-8(3-5-9)12-6-10(13)11(14)7-15-12/h2-7H,14H2,1H3. The van der Waals surface area contributed by atoms with Gasteiger partial charge >= 0.3 is 0 Å². The van der Waals surface area contributed by atoms with Gasteiger partial charge in [-0.05, 0) is 46.3 Å². The van der Waals surface area contributed by atoms with E-state index in [1.165, 1.54) is 0 Å². The molecule has 0 aliphatic rings. The fourth-order valence-corrected chi connectivity index (χ4v) is 1.68. The molecular weight excluding hydrogens is 268 g/mol. The van der Waals surface area contributed by atoms with E-state index in [1.54, 1.807) is 13.3 Å². The number of nitrogens with zero attached hydrogens (tertiary/aromatic N) is 1. The van der Waals surface area contributed by atoms with E-state index in [0.29, 0.717) is 5.69 Å². The molecule has 1 aromatic heterocycles. The maximum Gasteiger partial charge on any atom is 0.118 e. The Bertz CT molecular complexity index is 497. The molecule has 0 saturated carbocycles. The Hall–Kier alpha value is -1.55. The van der Waals surface area contributed by atoms with Crippen molar-refractivity contribution in [3.05, 3.63) is 41.0 Å². The Morgan fingerprint density at radius 2 is 1.94 bits per heavy atom. The van der Waals surface area contributed by atoms with E-state index in [-0.39, 0.29) is 0 Å². The van der Waals surface area contributed by atoms with Crippen molar-refractivity contribution in [3.63, 3.8) is 0 Å². The monoisotopic (exact) mass is 278 g/mol. The number of ether oxygens (including phenoxy) is 1. The number of nitrogens with two attached hydrogens (primary N) is 1. The van der Waals surface area contributed by atoms with Crippen LogP contribution in [-0.2, 0) is 0 Å². The van der Waals surface area contributed by atoms with E-state index >= 15 is 0 Å². The number of halogens is 1. The highest BCUT2D eigenvalue weighted by atomic mass is 79.9. The SMILES string of the molecule is COc1ccc(-c2cc(Br)c(N)cn2)cc1. The number of hydrogen-bond donors (Lipinski definition) is 1. The summed E-state index contributed by atoms with van der Waals surface area (Å²) in [7, 11) is 1.65. The minimum Gasteiger partial charge on any atom is -0.497 e. The van der Waals surface area contributed by atoms with Crippen molar-refractivity contribution in [3.8, 4) is 17.0 Å². The number of hydrogen-bond acceptors (Lipinski definition) is 3. The summed E-state index contributed by atoms with van der Waals surface area (Å²) in [6.45, 7) is 0. The summed E-state index contributed by atoms with van der Waals surface area (Å²) >= 11 is 3.38. The number of pyridine rings is 1. The van der Waals surface area contributed by atoms with Crippen molar-refractivity contribution in [1.29, 1.82) is 0 Å². The van der Waals surface area contributed by atoms with E-state index in [1.807, 2.05) is 30.3 Å². The van der Waals surface area contributed by atoms with Gasteiger partial charge in [0.2, 0.25) is 0 Å². The summed E-state index contributed by atoms with van der Waals surface area (Å²) in [6, 6.07) is 9.63.